The molecule has 40 heavy (non-hydrogen) atoms. The van der Waals surface area contributed by atoms with E-state index in [1.165, 1.54) is 19.1 Å². The first-order valence-electron chi connectivity index (χ1n) is 13.5. The van der Waals surface area contributed by atoms with Gasteiger partial charge in [0.05, 0.1) is 12.8 Å². The average molecular weight is 566 g/mol. The highest BCUT2D eigenvalue weighted by Crippen LogP contribution is 2.33. The Labute approximate surface area is 237 Å². The van der Waals surface area contributed by atoms with Crippen molar-refractivity contribution in [2.45, 2.75) is 119 Å². The van der Waals surface area contributed by atoms with Crippen molar-refractivity contribution in [3.8, 4) is 11.5 Å². The zero-order chi connectivity index (χ0) is 31.1. The van der Waals surface area contributed by atoms with E-state index in [4.69, 9.17) is 24.7 Å². The van der Waals surface area contributed by atoms with Crippen molar-refractivity contribution in [1.82, 2.24) is 0 Å². The summed E-state index contributed by atoms with van der Waals surface area (Å²) in [6.45, 7) is 18.2. The first kappa shape index (κ1) is 34.9. The zero-order valence-corrected chi connectivity index (χ0v) is 25.6. The molecule has 0 saturated heterocycles. The molecule has 0 spiro atoms. The molecule has 0 aliphatic heterocycles. The maximum Gasteiger partial charge on any atom is 0.509 e. The van der Waals surface area contributed by atoms with Crippen LogP contribution in [0.3, 0.4) is 0 Å². The quantitative estimate of drug-likeness (QED) is 0.234. The molecule has 1 aromatic rings. The van der Waals surface area contributed by atoms with Crippen molar-refractivity contribution in [3.05, 3.63) is 23.8 Å². The number of carbonyl (C=O) groups is 4. The molecule has 0 radical (unpaired) electrons. The number of nitrogens with two attached hydrogens (primary N) is 1. The number of carboxylic acids is 1. The van der Waals surface area contributed by atoms with Crippen molar-refractivity contribution in [3.63, 3.8) is 0 Å². The van der Waals surface area contributed by atoms with Crippen LogP contribution in [0.2, 0.25) is 0 Å². The minimum Gasteiger partial charge on any atom is -0.480 e. The predicted molar refractivity (Wildman–Crippen MR) is 150 cm³/mol. The van der Waals surface area contributed by atoms with E-state index in [9.17, 15) is 24.3 Å². The van der Waals surface area contributed by atoms with Crippen molar-refractivity contribution in [1.29, 1.82) is 0 Å². The van der Waals surface area contributed by atoms with Gasteiger partial charge >= 0.3 is 24.1 Å². The second-order valence-corrected chi connectivity index (χ2v) is 13.4. The summed E-state index contributed by atoms with van der Waals surface area (Å²) >= 11 is 0. The number of carbonyl (C=O) groups excluding carboxylic acids is 3. The maximum absolute atomic E-state index is 12.6. The minimum atomic E-state index is -1.84. The smallest absolute Gasteiger partial charge is 0.480 e. The van der Waals surface area contributed by atoms with Gasteiger partial charge in [0.2, 0.25) is 0 Å². The number of hydrogen-bond donors (Lipinski definition) is 2. The molecule has 1 unspecified atom stereocenters. The van der Waals surface area contributed by atoms with E-state index in [2.05, 4.69) is 0 Å². The van der Waals surface area contributed by atoms with Gasteiger partial charge in [-0.05, 0) is 55.7 Å². The summed E-state index contributed by atoms with van der Waals surface area (Å²) in [7, 11) is 0. The van der Waals surface area contributed by atoms with E-state index in [1.807, 2.05) is 48.5 Å². The van der Waals surface area contributed by atoms with Crippen LogP contribution in [0, 0.1) is 10.8 Å². The first-order valence-corrected chi connectivity index (χ1v) is 13.5. The number of esters is 2. The summed E-state index contributed by atoms with van der Waals surface area (Å²) in [5, 5.41) is 9.97. The van der Waals surface area contributed by atoms with E-state index < -0.39 is 41.3 Å². The van der Waals surface area contributed by atoms with Crippen LogP contribution in [-0.2, 0) is 30.3 Å². The van der Waals surface area contributed by atoms with Crippen LogP contribution in [0.5, 0.6) is 11.5 Å². The first-order chi connectivity index (χ1) is 18.0. The lowest BCUT2D eigenvalue weighted by molar-refractivity contribution is -0.145. The molecule has 0 heterocycles. The molecule has 0 aliphatic carbocycles. The van der Waals surface area contributed by atoms with Gasteiger partial charge in [-0.1, -0.05) is 54.5 Å². The van der Waals surface area contributed by atoms with E-state index in [1.54, 1.807) is 19.9 Å². The largest absolute Gasteiger partial charge is 0.509 e. The summed E-state index contributed by atoms with van der Waals surface area (Å²) in [6, 6.07) is 4.44. The highest BCUT2D eigenvalue weighted by molar-refractivity contribution is 5.80. The van der Waals surface area contributed by atoms with Crippen LogP contribution in [0.1, 0.15) is 100 Å². The van der Waals surface area contributed by atoms with Gasteiger partial charge in [-0.15, -0.1) is 0 Å². The molecule has 0 amide bonds. The highest BCUT2D eigenvalue weighted by Gasteiger charge is 2.38. The standard InChI is InChI=1S/C30H47NO9/c1-11-29(9,10)40-26(36)37-19(2)15-30(31,25(34)35)16-20-12-13-21(38-23(32)17-27(3,4)5)22(14-20)39-24(33)18-28(6,7)8/h12-14,19H,11,15-18,31H2,1-10H3,(H,34,35)/t19-,30?/m0/s1. The lowest BCUT2D eigenvalue weighted by Gasteiger charge is -2.29. The highest BCUT2D eigenvalue weighted by atomic mass is 16.7. The normalized spacial score (nSPS) is 14.5. The zero-order valence-electron chi connectivity index (χ0n) is 25.6. The molecular weight excluding hydrogens is 518 g/mol. The second kappa shape index (κ2) is 13.5. The molecule has 10 heteroatoms. The van der Waals surface area contributed by atoms with Gasteiger partial charge in [-0.2, -0.15) is 0 Å². The molecule has 10 nitrogen and oxygen atoms in total. The Morgan fingerprint density at radius 3 is 1.82 bits per heavy atom. The second-order valence-electron chi connectivity index (χ2n) is 13.4. The molecule has 0 fully saturated rings. The van der Waals surface area contributed by atoms with E-state index in [0.29, 0.717) is 12.0 Å². The van der Waals surface area contributed by atoms with Crippen molar-refractivity contribution < 1.29 is 43.2 Å². The Hall–Kier alpha value is -3.14. The summed E-state index contributed by atoms with van der Waals surface area (Å²) < 4.78 is 21.6. The van der Waals surface area contributed by atoms with Crippen molar-refractivity contribution in [2.75, 3.05) is 0 Å². The number of carboxylic acid groups (broad SMARTS) is 1. The third-order valence-corrected chi connectivity index (χ3v) is 5.91. The van der Waals surface area contributed by atoms with E-state index in [-0.39, 0.29) is 48.0 Å². The molecule has 1 aromatic carbocycles. The molecule has 0 saturated carbocycles. The predicted octanol–water partition coefficient (Wildman–Crippen LogP) is 5.81. The summed E-state index contributed by atoms with van der Waals surface area (Å²) in [6.07, 6.45) is -1.40. The van der Waals surface area contributed by atoms with Crippen LogP contribution >= 0.6 is 0 Å². The van der Waals surface area contributed by atoms with Gasteiger partial charge in [-0.25, -0.2) is 4.79 Å². The maximum atomic E-state index is 12.6. The Balaban J connectivity index is 3.23. The lowest BCUT2D eigenvalue weighted by atomic mass is 9.86. The fourth-order valence-corrected chi connectivity index (χ4v) is 3.65. The number of hydrogen-bond acceptors (Lipinski definition) is 9. The van der Waals surface area contributed by atoms with Crippen LogP contribution in [0.4, 0.5) is 4.79 Å². The molecule has 3 N–H and O–H groups in total. The minimum absolute atomic E-state index is 0.0172. The van der Waals surface area contributed by atoms with Gasteiger partial charge in [-0.3, -0.25) is 14.4 Å². The third-order valence-electron chi connectivity index (χ3n) is 5.91. The topological polar surface area (TPSA) is 151 Å². The Morgan fingerprint density at radius 2 is 1.38 bits per heavy atom. The number of ether oxygens (including phenoxy) is 4. The molecule has 0 bridgehead atoms. The molecular formula is C30H47NO9. The molecule has 226 valence electrons. The number of benzene rings is 1. The summed E-state index contributed by atoms with van der Waals surface area (Å²) in [4.78, 5) is 49.5. The third kappa shape index (κ3) is 12.8. The molecule has 2 atom stereocenters. The summed E-state index contributed by atoms with van der Waals surface area (Å²) in [5.41, 5.74) is 3.48. The Kier molecular flexibility index (Phi) is 11.8. The van der Waals surface area contributed by atoms with Crippen molar-refractivity contribution in [2.24, 2.45) is 16.6 Å². The van der Waals surface area contributed by atoms with Crippen LogP contribution in [0.15, 0.2) is 18.2 Å². The average Bonchev–Trinajstić information content (AvgIpc) is 2.72. The fourth-order valence-electron chi connectivity index (χ4n) is 3.65. The lowest BCUT2D eigenvalue weighted by Crippen LogP contribution is -2.52. The molecule has 1 rings (SSSR count). The van der Waals surface area contributed by atoms with Gasteiger partial charge in [0.1, 0.15) is 17.2 Å². The Morgan fingerprint density at radius 1 is 0.875 bits per heavy atom. The number of rotatable bonds is 12. The summed E-state index contributed by atoms with van der Waals surface area (Å²) in [5.74, 6) is -2.33. The van der Waals surface area contributed by atoms with E-state index >= 15 is 0 Å². The van der Waals surface area contributed by atoms with Crippen LogP contribution in [0.25, 0.3) is 0 Å². The van der Waals surface area contributed by atoms with Gasteiger partial charge < -0.3 is 29.8 Å². The molecule has 0 aliphatic rings. The molecule has 0 aromatic heterocycles. The Bertz CT molecular complexity index is 1070. The van der Waals surface area contributed by atoms with Gasteiger partial charge in [0.25, 0.3) is 0 Å². The fraction of sp³-hybridized carbons (Fsp3) is 0.667. The van der Waals surface area contributed by atoms with Crippen LogP contribution < -0.4 is 15.2 Å². The SMILES string of the molecule is CCC(C)(C)OC(=O)O[C@@H](C)CC(N)(Cc1ccc(OC(=O)CC(C)(C)C)c(OC(=O)CC(C)(C)C)c1)C(=O)O. The van der Waals surface area contributed by atoms with Crippen LogP contribution in [-0.4, -0.2) is 46.4 Å². The van der Waals surface area contributed by atoms with Gasteiger partial charge in [0.15, 0.2) is 11.5 Å². The van der Waals surface area contributed by atoms with E-state index in [0.717, 1.165) is 0 Å². The van der Waals surface area contributed by atoms with Crippen molar-refractivity contribution >= 4 is 24.1 Å². The van der Waals surface area contributed by atoms with Gasteiger partial charge in [0, 0.05) is 12.8 Å². The monoisotopic (exact) mass is 565 g/mol. The number of aliphatic carboxylic acids is 1.